The third kappa shape index (κ3) is 8.70. The number of carboxylic acids is 2. The minimum Gasteiger partial charge on any atom is -0.590 e. The largest absolute Gasteiger partial charge is 0.590 e. The Morgan fingerprint density at radius 1 is 0.629 bits per heavy atom. The van der Waals surface area contributed by atoms with Crippen LogP contribution in [0.4, 0.5) is 0 Å². The summed E-state index contributed by atoms with van der Waals surface area (Å²) < 4.78 is 25.5. The van der Waals surface area contributed by atoms with Crippen molar-refractivity contribution in [3.8, 4) is 0 Å². The quantitative estimate of drug-likeness (QED) is 0.181. The Hall–Kier alpha value is -1.74. The second-order valence-corrected chi connectivity index (χ2v) is 13.9. The number of carbonyl (C=O) groups is 2. The van der Waals surface area contributed by atoms with Gasteiger partial charge in [0, 0.05) is 25.7 Å². The normalized spacial score (nSPS) is 13.3. The summed E-state index contributed by atoms with van der Waals surface area (Å²) >= 11 is 0. The van der Waals surface area contributed by atoms with Gasteiger partial charge in [-0.1, -0.05) is 34.3 Å². The lowest BCUT2D eigenvalue weighted by Gasteiger charge is -2.18. The zero-order valence-electron chi connectivity index (χ0n) is 21.4. The molecule has 2 heterocycles. The highest BCUT2D eigenvalue weighted by molar-refractivity contribution is 7.25. The zero-order valence-corrected chi connectivity index (χ0v) is 23.1. The summed E-state index contributed by atoms with van der Waals surface area (Å²) in [6.45, 7) is 6.93. The third-order valence-corrected chi connectivity index (χ3v) is 10.1. The van der Waals surface area contributed by atoms with Gasteiger partial charge in [0.15, 0.2) is 0 Å². The lowest BCUT2D eigenvalue weighted by molar-refractivity contribution is -0.148. The molecule has 0 saturated heterocycles. The number of carboxylic acid groups (broad SMARTS) is 2. The minimum atomic E-state index is -1.11. The first-order valence-corrected chi connectivity index (χ1v) is 14.7. The molecule has 0 aliphatic carbocycles. The molecule has 8 heteroatoms. The van der Waals surface area contributed by atoms with E-state index in [1.165, 1.54) is 0 Å². The fourth-order valence-corrected chi connectivity index (χ4v) is 6.80. The highest BCUT2D eigenvalue weighted by Crippen LogP contribution is 2.33. The van der Waals surface area contributed by atoms with E-state index in [0.29, 0.717) is 38.5 Å². The predicted molar refractivity (Wildman–Crippen MR) is 140 cm³/mol. The van der Waals surface area contributed by atoms with Gasteiger partial charge in [-0.25, -0.2) is 0 Å². The summed E-state index contributed by atoms with van der Waals surface area (Å²) in [5, 5.41) is 18.4. The number of unbranched alkanes of at least 4 members (excludes halogenated alkanes) is 2. The Morgan fingerprint density at radius 2 is 0.914 bits per heavy atom. The molecular weight excluding hydrogens is 484 g/mol. The van der Waals surface area contributed by atoms with Crippen LogP contribution in [0.2, 0.25) is 0 Å². The van der Waals surface area contributed by atoms with Crippen molar-refractivity contribution in [1.82, 2.24) is 0 Å². The summed E-state index contributed by atoms with van der Waals surface area (Å²) in [6, 6.07) is 7.75. The fourth-order valence-electron chi connectivity index (χ4n) is 4.04. The molecule has 0 aliphatic rings. The number of hydrogen-bond acceptors (Lipinski definition) is 4. The Morgan fingerprint density at radius 3 is 1.20 bits per heavy atom. The first kappa shape index (κ1) is 29.5. The monoisotopic (exact) mass is 524 g/mol. The lowest BCUT2D eigenvalue weighted by Crippen LogP contribution is -2.23. The number of aryl methyl sites for hydroxylation is 4. The van der Waals surface area contributed by atoms with Crippen LogP contribution in [0.15, 0.2) is 24.3 Å². The van der Waals surface area contributed by atoms with Crippen molar-refractivity contribution in [1.29, 1.82) is 0 Å². The molecule has 6 nitrogen and oxygen atoms in total. The average molecular weight is 525 g/mol. The highest BCUT2D eigenvalue weighted by Gasteiger charge is 2.27. The molecule has 0 aromatic carbocycles. The van der Waals surface area contributed by atoms with Crippen molar-refractivity contribution in [3.05, 3.63) is 43.8 Å². The van der Waals surface area contributed by atoms with Gasteiger partial charge in [0.05, 0.1) is 10.8 Å². The SMILES string of the molecule is CC(C)(CCCCc1ccc(CCCc2ccc(CCCCC(C)(C)C(=O)O)[s+]2[O-])[s+]1[O-])C(=O)O. The van der Waals surface area contributed by atoms with Crippen LogP contribution >= 0.6 is 21.5 Å². The van der Waals surface area contributed by atoms with E-state index in [4.69, 9.17) is 0 Å². The Labute approximate surface area is 215 Å². The molecule has 0 spiro atoms. The van der Waals surface area contributed by atoms with Gasteiger partial charge in [-0.2, -0.15) is 0 Å². The van der Waals surface area contributed by atoms with E-state index in [9.17, 15) is 28.9 Å². The molecule has 0 bridgehead atoms. The van der Waals surface area contributed by atoms with E-state index in [1.807, 2.05) is 24.3 Å². The molecule has 196 valence electrons. The molecule has 2 aromatic heterocycles. The van der Waals surface area contributed by atoms with E-state index < -0.39 is 44.3 Å². The second kappa shape index (κ2) is 13.0. The molecular formula is C27H40O6S2. The van der Waals surface area contributed by atoms with Crippen molar-refractivity contribution in [2.45, 2.75) is 98.3 Å². The predicted octanol–water partition coefficient (Wildman–Crippen LogP) is 6.96. The lowest BCUT2D eigenvalue weighted by atomic mass is 9.87. The first-order valence-electron chi connectivity index (χ1n) is 12.4. The summed E-state index contributed by atoms with van der Waals surface area (Å²) in [4.78, 5) is 26.0. The molecule has 0 aliphatic heterocycles. The van der Waals surface area contributed by atoms with Gasteiger partial charge in [-0.3, -0.25) is 9.59 Å². The zero-order chi connectivity index (χ0) is 26.2. The van der Waals surface area contributed by atoms with Gasteiger partial charge in [0.1, 0.15) is 19.5 Å². The van der Waals surface area contributed by atoms with Crippen molar-refractivity contribution in [2.24, 2.45) is 10.8 Å². The Bertz CT molecular complexity index is 908. The van der Waals surface area contributed by atoms with Crippen molar-refractivity contribution >= 4 is 33.4 Å². The van der Waals surface area contributed by atoms with Crippen molar-refractivity contribution in [2.75, 3.05) is 0 Å². The molecule has 35 heavy (non-hydrogen) atoms. The molecule has 2 N–H and O–H groups in total. The van der Waals surface area contributed by atoms with Crippen LogP contribution in [0.25, 0.3) is 0 Å². The van der Waals surface area contributed by atoms with E-state index in [0.717, 1.165) is 51.6 Å². The number of rotatable bonds is 16. The molecule has 0 fully saturated rings. The van der Waals surface area contributed by atoms with Crippen LogP contribution in [0.5, 0.6) is 0 Å². The van der Waals surface area contributed by atoms with Gasteiger partial charge in [-0.15, -0.1) is 0 Å². The van der Waals surface area contributed by atoms with Crippen molar-refractivity contribution in [3.63, 3.8) is 0 Å². The number of thiophene rings is 2. The van der Waals surface area contributed by atoms with Crippen LogP contribution in [0.1, 0.15) is 92.1 Å². The van der Waals surface area contributed by atoms with Crippen molar-refractivity contribution < 1.29 is 28.9 Å². The maximum Gasteiger partial charge on any atom is 0.309 e. The molecule has 2 aromatic rings. The standard InChI is InChI=1S/C27H40O6S2/c1-26(2,24(28)29)18-7-5-10-20-14-16-22(34(20)32)12-9-13-23-17-15-21(35(23)33)11-6-8-19-27(3,4)25(30)31/h14-17H,5-13,18-19H2,1-4H3,(H,28,29)(H,30,31). The van der Waals surface area contributed by atoms with Crippen LogP contribution in [0, 0.1) is 10.8 Å². The summed E-state index contributed by atoms with van der Waals surface area (Å²) in [6.07, 6.45) is 8.05. The second-order valence-electron chi connectivity index (χ2n) is 10.7. The minimum absolute atomic E-state index is 0.602. The maximum atomic E-state index is 12.8. The van der Waals surface area contributed by atoms with Crippen LogP contribution in [-0.2, 0) is 35.3 Å². The van der Waals surface area contributed by atoms with E-state index in [-0.39, 0.29) is 0 Å². The topological polar surface area (TPSA) is 121 Å². The molecule has 0 saturated carbocycles. The van der Waals surface area contributed by atoms with Crippen LogP contribution < -0.4 is 0 Å². The molecule has 0 amide bonds. The Balaban J connectivity index is 1.75. The van der Waals surface area contributed by atoms with E-state index in [2.05, 4.69) is 0 Å². The molecule has 2 rings (SSSR count). The van der Waals surface area contributed by atoms with Gasteiger partial charge >= 0.3 is 11.9 Å². The summed E-state index contributed by atoms with van der Waals surface area (Å²) in [5.41, 5.74) is -1.46. The van der Waals surface area contributed by atoms with E-state index in [1.54, 1.807) is 27.7 Å². The molecule has 2 atom stereocenters. The summed E-state index contributed by atoms with van der Waals surface area (Å²) in [5.74, 6) is -1.57. The van der Waals surface area contributed by atoms with Gasteiger partial charge in [0.2, 0.25) is 0 Å². The molecule has 0 radical (unpaired) electrons. The fraction of sp³-hybridized carbons (Fsp3) is 0.630. The average Bonchev–Trinajstić information content (AvgIpc) is 3.31. The number of aliphatic carboxylic acids is 2. The van der Waals surface area contributed by atoms with Crippen LogP contribution in [0.3, 0.4) is 0 Å². The highest BCUT2D eigenvalue weighted by atomic mass is 32.2. The third-order valence-electron chi connectivity index (χ3n) is 6.82. The Kier molecular flexibility index (Phi) is 10.9. The summed E-state index contributed by atoms with van der Waals surface area (Å²) in [7, 11) is -2.22. The van der Waals surface area contributed by atoms with Gasteiger partial charge in [0.25, 0.3) is 0 Å². The number of hydrogen-bond donors (Lipinski definition) is 2. The van der Waals surface area contributed by atoms with Gasteiger partial charge < -0.3 is 19.3 Å². The molecule has 2 unspecified atom stereocenters. The maximum absolute atomic E-state index is 12.8. The van der Waals surface area contributed by atoms with E-state index >= 15 is 0 Å². The van der Waals surface area contributed by atoms with Gasteiger partial charge in [-0.05, 0) is 84.1 Å². The smallest absolute Gasteiger partial charge is 0.309 e. The first-order chi connectivity index (χ1) is 16.3. The van der Waals surface area contributed by atoms with Crippen LogP contribution in [-0.4, -0.2) is 31.3 Å².